The van der Waals surface area contributed by atoms with Crippen molar-refractivity contribution in [2.45, 2.75) is 76.1 Å². The number of nitrogens with two attached hydrogens (primary N) is 2. The molecule has 2 aromatic rings. The van der Waals surface area contributed by atoms with Gasteiger partial charge in [0.15, 0.2) is 5.96 Å². The number of aliphatic carboxylic acids is 1. The predicted octanol–water partition coefficient (Wildman–Crippen LogP) is 1.81. The fourth-order valence-corrected chi connectivity index (χ4v) is 4.62. The summed E-state index contributed by atoms with van der Waals surface area (Å²) >= 11 is 6.02. The van der Waals surface area contributed by atoms with Crippen molar-refractivity contribution in [3.63, 3.8) is 0 Å². The summed E-state index contributed by atoms with van der Waals surface area (Å²) in [6.45, 7) is 0.877. The van der Waals surface area contributed by atoms with Crippen molar-refractivity contribution < 1.29 is 29.0 Å². The molecule has 3 amide bonds. The van der Waals surface area contributed by atoms with Gasteiger partial charge in [-0.05, 0) is 55.5 Å². The second kappa shape index (κ2) is 21.5. The summed E-state index contributed by atoms with van der Waals surface area (Å²) in [5.74, 6) is -3.21. The van der Waals surface area contributed by atoms with Crippen LogP contribution in [0.1, 0.15) is 56.1 Å². The first-order valence-electron chi connectivity index (χ1n) is 15.4. The molecule has 0 saturated heterocycles. The van der Waals surface area contributed by atoms with Crippen molar-refractivity contribution >= 4 is 41.3 Å². The van der Waals surface area contributed by atoms with E-state index in [1.54, 1.807) is 24.3 Å². The Morgan fingerprint density at radius 3 is 2.13 bits per heavy atom. The van der Waals surface area contributed by atoms with Crippen LogP contribution < -0.4 is 32.7 Å². The van der Waals surface area contributed by atoms with E-state index in [-0.39, 0.29) is 50.9 Å². The molecule has 0 aromatic heterocycles. The van der Waals surface area contributed by atoms with Crippen LogP contribution in [0.25, 0.3) is 0 Å². The molecule has 0 heterocycles. The first-order valence-corrected chi connectivity index (χ1v) is 15.7. The molecule has 0 saturated carbocycles. The number of benzene rings is 2. The van der Waals surface area contributed by atoms with E-state index in [1.807, 2.05) is 30.3 Å². The lowest BCUT2D eigenvalue weighted by Crippen LogP contribution is -2.57. The van der Waals surface area contributed by atoms with Crippen molar-refractivity contribution in [3.05, 3.63) is 70.7 Å². The third-order valence-corrected chi connectivity index (χ3v) is 7.24. The summed E-state index contributed by atoms with van der Waals surface area (Å²) in [4.78, 5) is 51.8. The number of guanidine groups is 1. The van der Waals surface area contributed by atoms with Gasteiger partial charge in [0, 0.05) is 24.4 Å². The van der Waals surface area contributed by atoms with E-state index in [0.29, 0.717) is 30.0 Å². The summed E-state index contributed by atoms with van der Waals surface area (Å²) in [6, 6.07) is 12.5. The number of ether oxygens (including phenoxy) is 1. The lowest BCUT2D eigenvalue weighted by atomic mass is 10.0. The van der Waals surface area contributed by atoms with E-state index in [0.717, 1.165) is 24.8 Å². The number of unbranched alkanes of at least 4 members (excludes halogenated alkanes) is 3. The van der Waals surface area contributed by atoms with E-state index in [1.165, 1.54) is 0 Å². The van der Waals surface area contributed by atoms with E-state index in [2.05, 4.69) is 21.3 Å². The van der Waals surface area contributed by atoms with Gasteiger partial charge in [-0.3, -0.25) is 19.8 Å². The minimum absolute atomic E-state index is 0.0274. The van der Waals surface area contributed by atoms with Gasteiger partial charge in [-0.15, -0.1) is 0 Å². The first-order chi connectivity index (χ1) is 22.1. The third kappa shape index (κ3) is 15.7. The number of carbonyl (C=O) groups excluding carboxylic acids is 3. The van der Waals surface area contributed by atoms with Gasteiger partial charge in [0.2, 0.25) is 17.7 Å². The van der Waals surface area contributed by atoms with Crippen LogP contribution in [0.4, 0.5) is 0 Å². The molecule has 0 aliphatic rings. The molecule has 14 heteroatoms. The van der Waals surface area contributed by atoms with Crippen LogP contribution in [-0.4, -0.2) is 72.6 Å². The van der Waals surface area contributed by atoms with Crippen LogP contribution in [0.5, 0.6) is 0 Å². The maximum atomic E-state index is 13.6. The zero-order valence-corrected chi connectivity index (χ0v) is 26.7. The van der Waals surface area contributed by atoms with Gasteiger partial charge in [-0.2, -0.15) is 0 Å². The highest BCUT2D eigenvalue weighted by Crippen LogP contribution is 2.12. The average Bonchev–Trinajstić information content (AvgIpc) is 3.02. The normalized spacial score (nSPS) is 12.7. The minimum Gasteiger partial charge on any atom is -0.480 e. The predicted molar refractivity (Wildman–Crippen MR) is 176 cm³/mol. The third-order valence-electron chi connectivity index (χ3n) is 6.99. The molecule has 0 unspecified atom stereocenters. The Balaban J connectivity index is 2.18. The number of nitrogens with one attached hydrogen (secondary N) is 5. The Morgan fingerprint density at radius 2 is 1.48 bits per heavy atom. The smallest absolute Gasteiger partial charge is 0.326 e. The van der Waals surface area contributed by atoms with Crippen LogP contribution in [0, 0.1) is 5.41 Å². The molecule has 0 fully saturated rings. The maximum absolute atomic E-state index is 13.6. The molecule has 0 aliphatic heterocycles. The molecular weight excluding hydrogens is 614 g/mol. The first kappa shape index (κ1) is 38.0. The SMILES string of the molecule is N=C(N)NCCC[C@H](NC(=O)[C@@H](Cc1ccc(Cl)cc1)NC(=O)[C@H](COCc1ccccc1)NC(=O)CCCCCCN)C(=O)O. The molecule has 46 heavy (non-hydrogen) atoms. The number of halogens is 1. The zero-order valence-electron chi connectivity index (χ0n) is 25.9. The number of hydrogen-bond acceptors (Lipinski definition) is 7. The minimum atomic E-state index is -1.25. The molecule has 252 valence electrons. The average molecular weight is 660 g/mol. The second-order valence-corrected chi connectivity index (χ2v) is 11.3. The van der Waals surface area contributed by atoms with Crippen molar-refractivity contribution in [2.75, 3.05) is 19.7 Å². The van der Waals surface area contributed by atoms with E-state index < -0.39 is 35.9 Å². The number of carboxylic acids is 1. The maximum Gasteiger partial charge on any atom is 0.326 e. The van der Waals surface area contributed by atoms with Gasteiger partial charge >= 0.3 is 5.97 Å². The molecule has 0 radical (unpaired) electrons. The van der Waals surface area contributed by atoms with Gasteiger partial charge < -0.3 is 42.6 Å². The van der Waals surface area contributed by atoms with Crippen molar-refractivity contribution in [1.29, 1.82) is 5.41 Å². The van der Waals surface area contributed by atoms with Crippen LogP contribution >= 0.6 is 11.6 Å². The summed E-state index contributed by atoms with van der Waals surface area (Å²) in [7, 11) is 0. The van der Waals surface area contributed by atoms with Crippen LogP contribution in [-0.2, 0) is 36.9 Å². The molecule has 3 atom stereocenters. The molecule has 2 aromatic carbocycles. The van der Waals surface area contributed by atoms with Gasteiger partial charge in [0.1, 0.15) is 18.1 Å². The Morgan fingerprint density at radius 1 is 0.826 bits per heavy atom. The summed E-state index contributed by atoms with van der Waals surface area (Å²) < 4.78 is 5.79. The Kier molecular flexibility index (Phi) is 17.8. The van der Waals surface area contributed by atoms with Crippen molar-refractivity contribution in [3.8, 4) is 0 Å². The Bertz CT molecular complexity index is 1250. The molecule has 10 N–H and O–H groups in total. The number of amides is 3. The number of carboxylic acid groups (broad SMARTS) is 1. The van der Waals surface area contributed by atoms with Gasteiger partial charge in [-0.1, -0.05) is 66.9 Å². The Hall–Kier alpha value is -4.20. The quantitative estimate of drug-likeness (QED) is 0.0524. The lowest BCUT2D eigenvalue weighted by molar-refractivity contribution is -0.142. The summed E-state index contributed by atoms with van der Waals surface area (Å²) in [5.41, 5.74) is 12.4. The van der Waals surface area contributed by atoms with E-state index >= 15 is 0 Å². The number of hydrogen-bond donors (Lipinski definition) is 8. The van der Waals surface area contributed by atoms with Crippen molar-refractivity contribution in [2.24, 2.45) is 11.5 Å². The van der Waals surface area contributed by atoms with E-state index in [4.69, 9.17) is 33.2 Å². The summed E-state index contributed by atoms with van der Waals surface area (Å²) in [5, 5.41) is 28.0. The molecule has 2 rings (SSSR count). The largest absolute Gasteiger partial charge is 0.480 e. The van der Waals surface area contributed by atoms with Gasteiger partial charge in [-0.25, -0.2) is 4.79 Å². The highest BCUT2D eigenvalue weighted by Gasteiger charge is 2.30. The fraction of sp³-hybridized carbons (Fsp3) is 0.469. The second-order valence-electron chi connectivity index (χ2n) is 10.8. The molecule has 13 nitrogen and oxygen atoms in total. The van der Waals surface area contributed by atoms with E-state index in [9.17, 15) is 24.3 Å². The number of carbonyl (C=O) groups is 4. The topological polar surface area (TPSA) is 222 Å². The highest BCUT2D eigenvalue weighted by atomic mass is 35.5. The van der Waals surface area contributed by atoms with Gasteiger partial charge in [0.05, 0.1) is 13.2 Å². The van der Waals surface area contributed by atoms with Crippen LogP contribution in [0.15, 0.2) is 54.6 Å². The fourth-order valence-electron chi connectivity index (χ4n) is 4.50. The monoisotopic (exact) mass is 659 g/mol. The van der Waals surface area contributed by atoms with Crippen LogP contribution in [0.3, 0.4) is 0 Å². The Labute approximate surface area is 274 Å². The lowest BCUT2D eigenvalue weighted by Gasteiger charge is -2.25. The molecule has 0 aliphatic carbocycles. The standard InChI is InChI=1S/C32H46ClN7O6/c33-24-15-13-22(14-16-24)19-26(29(42)39-25(31(44)45)11-8-18-37-32(35)36)40-30(43)27(21-46-20-23-9-4-3-5-10-23)38-28(41)12-6-1-2-7-17-34/h3-5,9-10,13-16,25-27H,1-2,6-8,11-12,17-21,34H2,(H,38,41)(H,39,42)(H,40,43)(H,44,45)(H4,35,36,37)/t25-,26+,27-/m0/s1. The van der Waals surface area contributed by atoms with Gasteiger partial charge in [0.25, 0.3) is 0 Å². The van der Waals surface area contributed by atoms with Crippen LogP contribution in [0.2, 0.25) is 5.02 Å². The zero-order chi connectivity index (χ0) is 33.7. The molecule has 0 spiro atoms. The highest BCUT2D eigenvalue weighted by molar-refractivity contribution is 6.30. The van der Waals surface area contributed by atoms with Crippen molar-refractivity contribution in [1.82, 2.24) is 21.3 Å². The number of rotatable bonds is 22. The summed E-state index contributed by atoms with van der Waals surface area (Å²) in [6.07, 6.45) is 3.83. The molecular formula is C32H46ClN7O6. The molecule has 0 bridgehead atoms.